The molecule has 1 saturated heterocycles. The van der Waals surface area contributed by atoms with Crippen LogP contribution in [0.4, 0.5) is 0 Å². The molecular formula is C28H40O6. The molecule has 0 saturated carbocycles. The van der Waals surface area contributed by atoms with Gasteiger partial charge in [-0.3, -0.25) is 9.59 Å². The summed E-state index contributed by atoms with van der Waals surface area (Å²) >= 11 is 0. The number of ketones is 1. The average Bonchev–Trinajstić information content (AvgIpc) is 2.84. The molecule has 6 heteroatoms. The number of methoxy groups -OCH3 is 2. The van der Waals surface area contributed by atoms with Crippen molar-refractivity contribution in [1.29, 1.82) is 0 Å². The third kappa shape index (κ3) is 6.55. The summed E-state index contributed by atoms with van der Waals surface area (Å²) in [6, 6.07) is 9.80. The molecule has 1 aromatic rings. The second-order valence-corrected chi connectivity index (χ2v) is 9.80. The molecule has 34 heavy (non-hydrogen) atoms. The molecule has 3 rings (SSSR count). The van der Waals surface area contributed by atoms with Crippen LogP contribution in [0.2, 0.25) is 0 Å². The largest absolute Gasteiger partial charge is 0.457 e. The predicted molar refractivity (Wildman–Crippen MR) is 130 cm³/mol. The molecule has 1 unspecified atom stereocenters. The van der Waals surface area contributed by atoms with E-state index in [-0.39, 0.29) is 48.0 Å². The average molecular weight is 473 g/mol. The fourth-order valence-electron chi connectivity index (χ4n) is 5.14. The Hall–Kier alpha value is -2.02. The van der Waals surface area contributed by atoms with Crippen LogP contribution in [0.15, 0.2) is 42.5 Å². The van der Waals surface area contributed by atoms with Gasteiger partial charge in [-0.25, -0.2) is 0 Å². The van der Waals surface area contributed by atoms with Gasteiger partial charge in [0, 0.05) is 26.6 Å². The Balaban J connectivity index is 1.90. The van der Waals surface area contributed by atoms with Gasteiger partial charge in [0.1, 0.15) is 18.3 Å². The number of benzene rings is 1. The smallest absolute Gasteiger partial charge is 0.312 e. The minimum absolute atomic E-state index is 0.0315. The molecule has 6 nitrogen and oxygen atoms in total. The first kappa shape index (κ1) is 26.6. The summed E-state index contributed by atoms with van der Waals surface area (Å²) in [4.78, 5) is 26.0. The van der Waals surface area contributed by atoms with Gasteiger partial charge in [0.25, 0.3) is 0 Å². The Bertz CT molecular complexity index is 821. The number of hydrogen-bond acceptors (Lipinski definition) is 6. The van der Waals surface area contributed by atoms with E-state index in [0.717, 1.165) is 24.8 Å². The molecule has 2 aliphatic rings. The van der Waals surface area contributed by atoms with Crippen molar-refractivity contribution in [3.63, 3.8) is 0 Å². The van der Waals surface area contributed by atoms with Crippen LogP contribution in [-0.2, 0) is 28.5 Å². The third-order valence-electron chi connectivity index (χ3n) is 7.23. The molecule has 0 radical (unpaired) electrons. The summed E-state index contributed by atoms with van der Waals surface area (Å²) in [6.45, 7) is 5.85. The van der Waals surface area contributed by atoms with Crippen LogP contribution >= 0.6 is 0 Å². The minimum Gasteiger partial charge on any atom is -0.457 e. The number of ether oxygens (including phenoxy) is 4. The quantitative estimate of drug-likeness (QED) is 0.452. The number of hydrogen-bond donors (Lipinski definition) is 0. The second kappa shape index (κ2) is 12.6. The van der Waals surface area contributed by atoms with Gasteiger partial charge in [0.15, 0.2) is 5.78 Å². The van der Waals surface area contributed by atoms with E-state index in [9.17, 15) is 9.59 Å². The number of fused-ring (bicyclic) bond motifs is 2. The number of carbonyl (C=O) groups is 2. The lowest BCUT2D eigenvalue weighted by molar-refractivity contribution is -0.175. The Morgan fingerprint density at radius 2 is 1.62 bits per heavy atom. The Labute approximate surface area is 204 Å². The zero-order chi connectivity index (χ0) is 24.7. The van der Waals surface area contributed by atoms with Crippen molar-refractivity contribution < 1.29 is 28.5 Å². The number of esters is 1. The summed E-state index contributed by atoms with van der Waals surface area (Å²) < 4.78 is 23.8. The monoisotopic (exact) mass is 472 g/mol. The van der Waals surface area contributed by atoms with Crippen LogP contribution < -0.4 is 0 Å². The highest BCUT2D eigenvalue weighted by atomic mass is 16.6. The first-order chi connectivity index (χ1) is 16.3. The molecule has 1 fully saturated rings. The van der Waals surface area contributed by atoms with Crippen LogP contribution in [0.25, 0.3) is 0 Å². The lowest BCUT2D eigenvalue weighted by Crippen LogP contribution is -2.48. The lowest BCUT2D eigenvalue weighted by atomic mass is 9.82. The summed E-state index contributed by atoms with van der Waals surface area (Å²) in [6.07, 6.45) is 6.29. The summed E-state index contributed by atoms with van der Waals surface area (Å²) in [5.41, 5.74) is 0.959. The first-order valence-electron chi connectivity index (χ1n) is 12.5. The van der Waals surface area contributed by atoms with E-state index in [2.05, 4.69) is 19.1 Å². The molecule has 1 aromatic carbocycles. The molecule has 8 atom stereocenters. The SMILES string of the molecule is COC1CCCC[C@@H](c2ccccc2)OC(=O)[C@@H](C)[C@H]2O[C@H]([C@@H](C)/C=C/[C@H]1OC)[C@@H](C)CC2=O. The van der Waals surface area contributed by atoms with E-state index in [1.54, 1.807) is 21.1 Å². The van der Waals surface area contributed by atoms with Crippen molar-refractivity contribution in [2.24, 2.45) is 17.8 Å². The molecule has 0 aliphatic carbocycles. The third-order valence-corrected chi connectivity index (χ3v) is 7.23. The van der Waals surface area contributed by atoms with E-state index in [0.29, 0.717) is 12.8 Å². The highest BCUT2D eigenvalue weighted by Crippen LogP contribution is 2.33. The molecule has 0 aromatic heterocycles. The van der Waals surface area contributed by atoms with Crippen LogP contribution in [0, 0.1) is 17.8 Å². The predicted octanol–water partition coefficient (Wildman–Crippen LogP) is 5.07. The minimum atomic E-state index is -0.793. The zero-order valence-electron chi connectivity index (χ0n) is 21.1. The van der Waals surface area contributed by atoms with Crippen molar-refractivity contribution in [3.05, 3.63) is 48.0 Å². The van der Waals surface area contributed by atoms with Crippen LogP contribution in [0.1, 0.15) is 64.5 Å². The van der Waals surface area contributed by atoms with Gasteiger partial charge in [0.05, 0.1) is 18.1 Å². The van der Waals surface area contributed by atoms with Crippen molar-refractivity contribution in [2.45, 2.75) is 83.4 Å². The summed E-state index contributed by atoms with van der Waals surface area (Å²) in [5, 5.41) is 0. The fraction of sp³-hybridized carbons (Fsp3) is 0.643. The van der Waals surface area contributed by atoms with Gasteiger partial charge in [0.2, 0.25) is 0 Å². The first-order valence-corrected chi connectivity index (χ1v) is 12.5. The van der Waals surface area contributed by atoms with E-state index in [1.165, 1.54) is 0 Å². The normalized spacial score (nSPS) is 37.1. The molecule has 2 aliphatic heterocycles. The van der Waals surface area contributed by atoms with Gasteiger partial charge in [-0.2, -0.15) is 0 Å². The highest BCUT2D eigenvalue weighted by Gasteiger charge is 2.42. The van der Waals surface area contributed by atoms with E-state index in [1.807, 2.05) is 37.3 Å². The van der Waals surface area contributed by atoms with Gasteiger partial charge >= 0.3 is 5.97 Å². The van der Waals surface area contributed by atoms with Crippen molar-refractivity contribution in [2.75, 3.05) is 14.2 Å². The van der Waals surface area contributed by atoms with E-state index >= 15 is 0 Å². The topological polar surface area (TPSA) is 71.1 Å². The van der Waals surface area contributed by atoms with Crippen molar-refractivity contribution in [1.82, 2.24) is 0 Å². The van der Waals surface area contributed by atoms with Gasteiger partial charge in [-0.15, -0.1) is 0 Å². The maximum Gasteiger partial charge on any atom is 0.312 e. The Kier molecular flexibility index (Phi) is 9.86. The fourth-order valence-corrected chi connectivity index (χ4v) is 5.14. The van der Waals surface area contributed by atoms with Crippen LogP contribution in [-0.4, -0.2) is 50.4 Å². The molecule has 2 bridgehead atoms. The van der Waals surface area contributed by atoms with Crippen molar-refractivity contribution >= 4 is 11.8 Å². The van der Waals surface area contributed by atoms with Gasteiger partial charge in [-0.1, -0.05) is 62.8 Å². The number of Topliss-reactive ketones (excluding diaryl/α,β-unsaturated/α-hetero) is 1. The molecule has 0 N–H and O–H groups in total. The van der Waals surface area contributed by atoms with Crippen LogP contribution in [0.3, 0.4) is 0 Å². The van der Waals surface area contributed by atoms with E-state index in [4.69, 9.17) is 18.9 Å². The maximum atomic E-state index is 13.2. The standard InChI is InChI=1S/C28H40O6/c1-18-15-16-25(32-5)24(31-4)14-10-9-13-23(21-11-7-6-8-12-21)33-28(30)20(3)27-22(29)17-19(2)26(18)34-27/h6-8,11-12,15-16,18-20,23-27H,9-10,13-14,17H2,1-5H3/b16-15+/t18-,19-,20-,23-,24?,25+,26+,27+/m0/s1. The number of rotatable bonds is 3. The second-order valence-electron chi connectivity index (χ2n) is 9.80. The molecule has 0 spiro atoms. The maximum absolute atomic E-state index is 13.2. The molecular weight excluding hydrogens is 432 g/mol. The molecule has 2 heterocycles. The Morgan fingerprint density at radius 1 is 0.912 bits per heavy atom. The number of carbonyl (C=O) groups excluding carboxylic acids is 2. The van der Waals surface area contributed by atoms with E-state index < -0.39 is 12.0 Å². The zero-order valence-corrected chi connectivity index (χ0v) is 21.1. The molecule has 0 amide bonds. The van der Waals surface area contributed by atoms with Crippen molar-refractivity contribution in [3.8, 4) is 0 Å². The van der Waals surface area contributed by atoms with Crippen LogP contribution in [0.5, 0.6) is 0 Å². The Morgan fingerprint density at radius 3 is 2.29 bits per heavy atom. The summed E-state index contributed by atoms with van der Waals surface area (Å²) in [5.74, 6) is -0.973. The van der Waals surface area contributed by atoms with Gasteiger partial charge in [-0.05, 0) is 37.7 Å². The summed E-state index contributed by atoms with van der Waals surface area (Å²) in [7, 11) is 3.41. The van der Waals surface area contributed by atoms with Gasteiger partial charge < -0.3 is 18.9 Å². The lowest BCUT2D eigenvalue weighted by Gasteiger charge is -2.38. The number of cyclic esters (lactones) is 1. The molecule has 188 valence electrons. The highest BCUT2D eigenvalue weighted by molar-refractivity contribution is 5.89.